The molecule has 1 fully saturated rings. The van der Waals surface area contributed by atoms with Gasteiger partial charge < -0.3 is 9.64 Å². The average Bonchev–Trinajstić information content (AvgIpc) is 2.88. The molecule has 23 heavy (non-hydrogen) atoms. The number of benzene rings is 1. The van der Waals surface area contributed by atoms with Crippen molar-refractivity contribution >= 4 is 27.5 Å². The molecule has 2 atom stereocenters. The highest BCUT2D eigenvalue weighted by Gasteiger charge is 2.35. The number of nitrogens with zero attached hydrogens (tertiary/aromatic N) is 1. The molecule has 5 nitrogen and oxygen atoms in total. The first-order valence-corrected chi connectivity index (χ1v) is 10.4. The molecule has 0 saturated carbocycles. The molecular formula is C16H23NO4S2. The molecule has 1 aromatic carbocycles. The van der Waals surface area contributed by atoms with Crippen molar-refractivity contribution in [3.8, 4) is 5.75 Å². The van der Waals surface area contributed by atoms with Gasteiger partial charge in [-0.1, -0.05) is 0 Å². The standard InChI is InChI=1S/C16H23NO4S2/c1-4-17(13-9-10-23(19,20)11-13)16(18)12(2)22-15-7-5-14(21-3)6-8-15/h5-8,12-13H,4,9-11H2,1-3H3. The van der Waals surface area contributed by atoms with Crippen LogP contribution in [0.25, 0.3) is 0 Å². The number of ether oxygens (including phenoxy) is 1. The van der Waals surface area contributed by atoms with Crippen molar-refractivity contribution in [2.45, 2.75) is 36.5 Å². The minimum absolute atomic E-state index is 0.00424. The predicted molar refractivity (Wildman–Crippen MR) is 92.8 cm³/mol. The van der Waals surface area contributed by atoms with Crippen LogP contribution in [0.1, 0.15) is 20.3 Å². The molecule has 0 bridgehead atoms. The zero-order valence-electron chi connectivity index (χ0n) is 13.7. The smallest absolute Gasteiger partial charge is 0.236 e. The Morgan fingerprint density at radius 3 is 2.52 bits per heavy atom. The summed E-state index contributed by atoms with van der Waals surface area (Å²) < 4.78 is 28.4. The lowest BCUT2D eigenvalue weighted by atomic mass is 10.2. The number of methoxy groups -OCH3 is 1. The van der Waals surface area contributed by atoms with E-state index in [1.165, 1.54) is 11.8 Å². The van der Waals surface area contributed by atoms with Crippen LogP contribution < -0.4 is 4.74 Å². The van der Waals surface area contributed by atoms with Crippen LogP contribution in [0.3, 0.4) is 0 Å². The second kappa shape index (κ2) is 7.57. The molecule has 7 heteroatoms. The molecule has 0 spiro atoms. The minimum atomic E-state index is -2.99. The fraction of sp³-hybridized carbons (Fsp3) is 0.562. The highest BCUT2D eigenvalue weighted by Crippen LogP contribution is 2.28. The number of rotatable bonds is 6. The Morgan fingerprint density at radius 1 is 1.39 bits per heavy atom. The van der Waals surface area contributed by atoms with E-state index in [2.05, 4.69) is 0 Å². The Labute approximate surface area is 142 Å². The van der Waals surface area contributed by atoms with Gasteiger partial charge >= 0.3 is 0 Å². The third kappa shape index (κ3) is 4.64. The van der Waals surface area contributed by atoms with Gasteiger partial charge in [0.1, 0.15) is 5.75 Å². The molecule has 128 valence electrons. The third-order valence-electron chi connectivity index (χ3n) is 3.99. The van der Waals surface area contributed by atoms with E-state index < -0.39 is 9.84 Å². The molecule has 0 aromatic heterocycles. The molecule has 1 aromatic rings. The highest BCUT2D eigenvalue weighted by atomic mass is 32.2. The van der Waals surface area contributed by atoms with Gasteiger partial charge in [0.05, 0.1) is 23.9 Å². The van der Waals surface area contributed by atoms with E-state index in [0.29, 0.717) is 13.0 Å². The predicted octanol–water partition coefficient (Wildman–Crippen LogP) is 2.21. The van der Waals surface area contributed by atoms with Crippen LogP contribution >= 0.6 is 11.8 Å². The van der Waals surface area contributed by atoms with Gasteiger partial charge in [-0.15, -0.1) is 11.8 Å². The first kappa shape index (κ1) is 18.1. The highest BCUT2D eigenvalue weighted by molar-refractivity contribution is 8.00. The van der Waals surface area contributed by atoms with Crippen molar-refractivity contribution in [1.82, 2.24) is 4.90 Å². The first-order chi connectivity index (χ1) is 10.9. The molecule has 1 amide bonds. The summed E-state index contributed by atoms with van der Waals surface area (Å²) in [4.78, 5) is 15.4. The summed E-state index contributed by atoms with van der Waals surface area (Å²) >= 11 is 1.48. The number of hydrogen-bond donors (Lipinski definition) is 0. The average molecular weight is 357 g/mol. The summed E-state index contributed by atoms with van der Waals surface area (Å²) in [6, 6.07) is 7.38. The van der Waals surface area contributed by atoms with E-state index in [9.17, 15) is 13.2 Å². The first-order valence-electron chi connectivity index (χ1n) is 7.68. The molecule has 0 N–H and O–H groups in total. The Balaban J connectivity index is 2.01. The van der Waals surface area contributed by atoms with E-state index in [1.807, 2.05) is 38.1 Å². The molecule has 0 radical (unpaired) electrons. The van der Waals surface area contributed by atoms with Gasteiger partial charge in [-0.25, -0.2) is 8.42 Å². The number of amides is 1. The van der Waals surface area contributed by atoms with Gasteiger partial charge in [0.15, 0.2) is 9.84 Å². The van der Waals surface area contributed by atoms with Gasteiger partial charge in [0, 0.05) is 17.5 Å². The van der Waals surface area contributed by atoms with Crippen molar-refractivity contribution in [3.63, 3.8) is 0 Å². The van der Waals surface area contributed by atoms with E-state index >= 15 is 0 Å². The second-order valence-corrected chi connectivity index (χ2v) is 9.26. The minimum Gasteiger partial charge on any atom is -0.497 e. The van der Waals surface area contributed by atoms with Crippen molar-refractivity contribution in [2.75, 3.05) is 25.2 Å². The summed E-state index contributed by atoms with van der Waals surface area (Å²) in [7, 11) is -1.38. The SMILES string of the molecule is CCN(C(=O)C(C)Sc1ccc(OC)cc1)C1CCS(=O)(=O)C1. The maximum absolute atomic E-state index is 12.7. The van der Waals surface area contributed by atoms with Gasteiger partial charge in [-0.05, 0) is 44.5 Å². The summed E-state index contributed by atoms with van der Waals surface area (Å²) in [6.45, 7) is 4.30. The quantitative estimate of drug-likeness (QED) is 0.731. The molecule has 1 saturated heterocycles. The van der Waals surface area contributed by atoms with Crippen molar-refractivity contribution in [2.24, 2.45) is 0 Å². The third-order valence-corrected chi connectivity index (χ3v) is 6.84. The van der Waals surface area contributed by atoms with Gasteiger partial charge in [-0.3, -0.25) is 4.79 Å². The van der Waals surface area contributed by atoms with E-state index in [1.54, 1.807) is 12.0 Å². The fourth-order valence-corrected chi connectivity index (χ4v) is 5.43. The van der Waals surface area contributed by atoms with Crippen molar-refractivity contribution < 1.29 is 17.9 Å². The summed E-state index contributed by atoms with van der Waals surface area (Å²) in [6.07, 6.45) is 0.543. The normalized spacial score (nSPS) is 20.9. The maximum Gasteiger partial charge on any atom is 0.236 e. The summed E-state index contributed by atoms with van der Waals surface area (Å²) in [5.74, 6) is 1.05. The van der Waals surface area contributed by atoms with Crippen LogP contribution in [0.4, 0.5) is 0 Å². The van der Waals surface area contributed by atoms with Gasteiger partial charge in [0.25, 0.3) is 0 Å². The molecule has 1 heterocycles. The molecular weight excluding hydrogens is 334 g/mol. The lowest BCUT2D eigenvalue weighted by molar-refractivity contribution is -0.131. The monoisotopic (exact) mass is 357 g/mol. The second-order valence-electron chi connectivity index (χ2n) is 5.62. The number of hydrogen-bond acceptors (Lipinski definition) is 5. The maximum atomic E-state index is 12.7. The van der Waals surface area contributed by atoms with Crippen LogP contribution in [0.2, 0.25) is 0 Å². The van der Waals surface area contributed by atoms with E-state index in [-0.39, 0.29) is 28.7 Å². The number of carbonyl (C=O) groups excluding carboxylic acids is 1. The molecule has 2 unspecified atom stereocenters. The van der Waals surface area contributed by atoms with Crippen LogP contribution in [-0.4, -0.2) is 55.7 Å². The Kier molecular flexibility index (Phi) is 5.97. The summed E-state index contributed by atoms with van der Waals surface area (Å²) in [5, 5.41) is -0.258. The zero-order chi connectivity index (χ0) is 17.0. The number of carbonyl (C=O) groups is 1. The van der Waals surface area contributed by atoms with Gasteiger partial charge in [0.2, 0.25) is 5.91 Å². The summed E-state index contributed by atoms with van der Waals surface area (Å²) in [5.41, 5.74) is 0. The molecule has 1 aliphatic rings. The largest absolute Gasteiger partial charge is 0.497 e. The molecule has 1 aliphatic heterocycles. The van der Waals surface area contributed by atoms with E-state index in [4.69, 9.17) is 4.74 Å². The van der Waals surface area contributed by atoms with Crippen LogP contribution in [0, 0.1) is 0 Å². The number of thioether (sulfide) groups is 1. The fourth-order valence-electron chi connectivity index (χ4n) is 2.76. The number of sulfone groups is 1. The van der Waals surface area contributed by atoms with Crippen molar-refractivity contribution in [3.05, 3.63) is 24.3 Å². The van der Waals surface area contributed by atoms with Crippen molar-refractivity contribution in [1.29, 1.82) is 0 Å². The van der Waals surface area contributed by atoms with Crippen LogP contribution in [-0.2, 0) is 14.6 Å². The zero-order valence-corrected chi connectivity index (χ0v) is 15.3. The van der Waals surface area contributed by atoms with Crippen LogP contribution in [0.15, 0.2) is 29.2 Å². The lowest BCUT2D eigenvalue weighted by Crippen LogP contribution is -2.44. The van der Waals surface area contributed by atoms with Gasteiger partial charge in [-0.2, -0.15) is 0 Å². The Hall–Kier alpha value is -1.21. The Bertz CT molecular complexity index is 643. The topological polar surface area (TPSA) is 63.7 Å². The molecule has 2 rings (SSSR count). The molecule has 0 aliphatic carbocycles. The van der Waals surface area contributed by atoms with E-state index in [0.717, 1.165) is 10.6 Å². The van der Waals surface area contributed by atoms with Crippen LogP contribution in [0.5, 0.6) is 5.75 Å². The lowest BCUT2D eigenvalue weighted by Gasteiger charge is -2.29. The Morgan fingerprint density at radius 2 is 2.04 bits per heavy atom.